The number of rotatable bonds is 2. The Kier molecular flexibility index (Phi) is 4.12. The maximum atomic E-state index is 12.0. The zero-order valence-electron chi connectivity index (χ0n) is 10.1. The minimum atomic E-state index is -0.379. The standard InChI is InChI=1S/C14H11BrClNO2/c1-8-6-10(3-5-12(8)15)17-14(19)11-4-2-9(16)7-13(11)18/h2-7,18H,1H3,(H,17,19). The van der Waals surface area contributed by atoms with Gasteiger partial charge in [-0.15, -0.1) is 0 Å². The molecule has 0 aliphatic heterocycles. The van der Waals surface area contributed by atoms with Gasteiger partial charge in [-0.05, 0) is 48.9 Å². The molecule has 2 aromatic rings. The van der Waals surface area contributed by atoms with Gasteiger partial charge in [0.25, 0.3) is 5.91 Å². The highest BCUT2D eigenvalue weighted by Gasteiger charge is 2.11. The number of benzene rings is 2. The van der Waals surface area contributed by atoms with Crippen LogP contribution in [0.25, 0.3) is 0 Å². The number of anilines is 1. The van der Waals surface area contributed by atoms with Crippen molar-refractivity contribution in [1.82, 2.24) is 0 Å². The van der Waals surface area contributed by atoms with Crippen LogP contribution in [0.1, 0.15) is 15.9 Å². The molecular formula is C14H11BrClNO2. The van der Waals surface area contributed by atoms with Crippen LogP contribution in [0, 0.1) is 6.92 Å². The van der Waals surface area contributed by atoms with Gasteiger partial charge < -0.3 is 10.4 Å². The van der Waals surface area contributed by atoms with Gasteiger partial charge in [-0.2, -0.15) is 0 Å². The second-order valence-corrected chi connectivity index (χ2v) is 5.37. The Hall–Kier alpha value is -1.52. The van der Waals surface area contributed by atoms with E-state index < -0.39 is 0 Å². The summed E-state index contributed by atoms with van der Waals surface area (Å²) in [4.78, 5) is 12.0. The van der Waals surface area contributed by atoms with Crippen molar-refractivity contribution in [3.8, 4) is 5.75 Å². The van der Waals surface area contributed by atoms with Crippen LogP contribution >= 0.6 is 27.5 Å². The molecule has 3 nitrogen and oxygen atoms in total. The van der Waals surface area contributed by atoms with Crippen LogP contribution in [0.15, 0.2) is 40.9 Å². The van der Waals surface area contributed by atoms with E-state index in [-0.39, 0.29) is 17.2 Å². The molecule has 0 aliphatic carbocycles. The molecule has 0 saturated heterocycles. The predicted molar refractivity (Wildman–Crippen MR) is 79.9 cm³/mol. The number of amides is 1. The number of nitrogens with one attached hydrogen (secondary N) is 1. The van der Waals surface area contributed by atoms with Crippen LogP contribution < -0.4 is 5.32 Å². The lowest BCUT2D eigenvalue weighted by Gasteiger charge is -2.08. The van der Waals surface area contributed by atoms with E-state index >= 15 is 0 Å². The number of hydrogen-bond acceptors (Lipinski definition) is 2. The monoisotopic (exact) mass is 339 g/mol. The topological polar surface area (TPSA) is 49.3 Å². The van der Waals surface area contributed by atoms with Crippen molar-refractivity contribution in [2.24, 2.45) is 0 Å². The molecule has 0 aliphatic rings. The summed E-state index contributed by atoms with van der Waals surface area (Å²) >= 11 is 9.12. The number of aryl methyl sites for hydroxylation is 1. The molecule has 19 heavy (non-hydrogen) atoms. The third-order valence-electron chi connectivity index (χ3n) is 2.62. The van der Waals surface area contributed by atoms with Gasteiger partial charge in [-0.3, -0.25) is 4.79 Å². The highest BCUT2D eigenvalue weighted by atomic mass is 79.9. The first-order valence-electron chi connectivity index (χ1n) is 5.53. The van der Waals surface area contributed by atoms with E-state index in [1.54, 1.807) is 12.1 Å². The Balaban J connectivity index is 2.23. The first-order chi connectivity index (χ1) is 8.97. The molecule has 98 valence electrons. The number of carbonyl (C=O) groups is 1. The van der Waals surface area contributed by atoms with E-state index in [0.717, 1.165) is 10.0 Å². The van der Waals surface area contributed by atoms with Gasteiger partial charge in [-0.1, -0.05) is 27.5 Å². The lowest BCUT2D eigenvalue weighted by atomic mass is 10.1. The first kappa shape index (κ1) is 13.9. The largest absolute Gasteiger partial charge is 0.507 e. The Morgan fingerprint density at radius 1 is 1.26 bits per heavy atom. The number of hydrogen-bond donors (Lipinski definition) is 2. The van der Waals surface area contributed by atoms with Crippen molar-refractivity contribution in [1.29, 1.82) is 0 Å². The average molecular weight is 341 g/mol. The Bertz CT molecular complexity index is 643. The minimum absolute atomic E-state index is 0.140. The molecule has 1 amide bonds. The number of halogens is 2. The highest BCUT2D eigenvalue weighted by Crippen LogP contribution is 2.24. The summed E-state index contributed by atoms with van der Waals surface area (Å²) < 4.78 is 0.972. The summed E-state index contributed by atoms with van der Waals surface area (Å²) in [5.41, 5.74) is 1.86. The second-order valence-electron chi connectivity index (χ2n) is 4.08. The summed E-state index contributed by atoms with van der Waals surface area (Å²) in [7, 11) is 0. The van der Waals surface area contributed by atoms with Gasteiger partial charge in [-0.25, -0.2) is 0 Å². The van der Waals surface area contributed by atoms with E-state index in [9.17, 15) is 9.90 Å². The first-order valence-corrected chi connectivity index (χ1v) is 6.70. The average Bonchev–Trinajstić information content (AvgIpc) is 2.33. The number of carbonyl (C=O) groups excluding carboxylic acids is 1. The minimum Gasteiger partial charge on any atom is -0.507 e. The van der Waals surface area contributed by atoms with Gasteiger partial charge in [0.15, 0.2) is 0 Å². The molecule has 0 aromatic heterocycles. The third kappa shape index (κ3) is 3.28. The van der Waals surface area contributed by atoms with Crippen LogP contribution in [0.5, 0.6) is 5.75 Å². The molecule has 0 spiro atoms. The van der Waals surface area contributed by atoms with Crippen LogP contribution in [0.4, 0.5) is 5.69 Å². The van der Waals surface area contributed by atoms with Crippen molar-refractivity contribution in [3.63, 3.8) is 0 Å². The summed E-state index contributed by atoms with van der Waals surface area (Å²) in [6.45, 7) is 1.93. The zero-order chi connectivity index (χ0) is 14.0. The lowest BCUT2D eigenvalue weighted by Crippen LogP contribution is -2.12. The van der Waals surface area contributed by atoms with E-state index in [1.165, 1.54) is 12.1 Å². The molecule has 0 bridgehead atoms. The molecule has 0 unspecified atom stereocenters. The molecule has 0 fully saturated rings. The molecule has 2 aromatic carbocycles. The fourth-order valence-corrected chi connectivity index (χ4v) is 2.03. The number of aromatic hydroxyl groups is 1. The molecule has 0 atom stereocenters. The second kappa shape index (κ2) is 5.63. The van der Waals surface area contributed by atoms with E-state index in [4.69, 9.17) is 11.6 Å². The normalized spacial score (nSPS) is 10.3. The number of phenols is 1. The van der Waals surface area contributed by atoms with Crippen molar-refractivity contribution in [3.05, 3.63) is 57.0 Å². The fourth-order valence-electron chi connectivity index (χ4n) is 1.62. The van der Waals surface area contributed by atoms with E-state index in [1.807, 2.05) is 19.1 Å². The highest BCUT2D eigenvalue weighted by molar-refractivity contribution is 9.10. The summed E-state index contributed by atoms with van der Waals surface area (Å²) in [6.07, 6.45) is 0. The molecule has 0 saturated carbocycles. The number of phenolic OH excluding ortho intramolecular Hbond substituents is 1. The molecule has 5 heteroatoms. The van der Waals surface area contributed by atoms with Crippen molar-refractivity contribution in [2.45, 2.75) is 6.92 Å². The maximum absolute atomic E-state index is 12.0. The van der Waals surface area contributed by atoms with Crippen LogP contribution in [0.3, 0.4) is 0 Å². The third-order valence-corrected chi connectivity index (χ3v) is 3.75. The molecule has 2 N–H and O–H groups in total. The van der Waals surface area contributed by atoms with Gasteiger partial charge in [0.05, 0.1) is 5.56 Å². The Labute approximate surface area is 124 Å². The fraction of sp³-hybridized carbons (Fsp3) is 0.0714. The summed E-state index contributed by atoms with van der Waals surface area (Å²) in [5.74, 6) is -0.519. The Morgan fingerprint density at radius 2 is 2.00 bits per heavy atom. The zero-order valence-corrected chi connectivity index (χ0v) is 12.4. The van der Waals surface area contributed by atoms with Crippen LogP contribution in [0.2, 0.25) is 5.02 Å². The van der Waals surface area contributed by atoms with Crippen LogP contribution in [-0.2, 0) is 0 Å². The summed E-state index contributed by atoms with van der Waals surface area (Å²) in [6, 6.07) is 9.86. The summed E-state index contributed by atoms with van der Waals surface area (Å²) in [5, 5.41) is 12.8. The van der Waals surface area contributed by atoms with Gasteiger partial charge in [0.2, 0.25) is 0 Å². The van der Waals surface area contributed by atoms with Gasteiger partial charge in [0.1, 0.15) is 5.75 Å². The predicted octanol–water partition coefficient (Wildman–Crippen LogP) is 4.37. The van der Waals surface area contributed by atoms with E-state index in [2.05, 4.69) is 21.2 Å². The van der Waals surface area contributed by atoms with E-state index in [0.29, 0.717) is 10.7 Å². The van der Waals surface area contributed by atoms with Crippen LogP contribution in [-0.4, -0.2) is 11.0 Å². The van der Waals surface area contributed by atoms with Crippen molar-refractivity contribution in [2.75, 3.05) is 5.32 Å². The lowest BCUT2D eigenvalue weighted by molar-refractivity contribution is 0.102. The molecule has 0 radical (unpaired) electrons. The van der Waals surface area contributed by atoms with Crippen molar-refractivity contribution < 1.29 is 9.90 Å². The maximum Gasteiger partial charge on any atom is 0.259 e. The molecule has 2 rings (SSSR count). The van der Waals surface area contributed by atoms with Gasteiger partial charge in [0, 0.05) is 15.2 Å². The Morgan fingerprint density at radius 3 is 2.63 bits per heavy atom. The van der Waals surface area contributed by atoms with Gasteiger partial charge >= 0.3 is 0 Å². The smallest absolute Gasteiger partial charge is 0.259 e. The molecular weight excluding hydrogens is 330 g/mol. The SMILES string of the molecule is Cc1cc(NC(=O)c2ccc(Cl)cc2O)ccc1Br. The molecule has 0 heterocycles. The van der Waals surface area contributed by atoms with Crippen molar-refractivity contribution >= 4 is 39.1 Å². The quantitative estimate of drug-likeness (QED) is 0.853.